The summed E-state index contributed by atoms with van der Waals surface area (Å²) in [6.45, 7) is 10.1. The molecule has 0 unspecified atom stereocenters. The number of aliphatic hydroxyl groups is 1. The van der Waals surface area contributed by atoms with Gasteiger partial charge in [-0.2, -0.15) is 0 Å². The molecule has 37 heavy (non-hydrogen) atoms. The van der Waals surface area contributed by atoms with Gasteiger partial charge >= 0.3 is 5.97 Å². The van der Waals surface area contributed by atoms with Crippen LogP contribution in [-0.4, -0.2) is 35.2 Å². The number of carbonyl (C=O) groups excluding carboxylic acids is 1. The maximum absolute atomic E-state index is 12.1. The number of nitrogens with zero attached hydrogens (tertiary/aromatic N) is 1. The van der Waals surface area contributed by atoms with Crippen molar-refractivity contribution in [2.24, 2.45) is 51.8 Å². The second-order valence-corrected chi connectivity index (χ2v) is 13.9. The molecule has 5 saturated carbocycles. The van der Waals surface area contributed by atoms with E-state index in [1.165, 1.54) is 45.4 Å². The number of esters is 1. The van der Waals surface area contributed by atoms with Crippen LogP contribution in [0.1, 0.15) is 96.6 Å². The van der Waals surface area contributed by atoms with Crippen LogP contribution in [0.2, 0.25) is 0 Å². The Morgan fingerprint density at radius 3 is 2.59 bits per heavy atom. The summed E-state index contributed by atoms with van der Waals surface area (Å²) in [5.74, 6) is 3.02. The summed E-state index contributed by atoms with van der Waals surface area (Å²) < 4.78 is 24.5. The highest BCUT2D eigenvalue weighted by atomic mass is 16.7. The van der Waals surface area contributed by atoms with Crippen molar-refractivity contribution >= 4 is 5.97 Å². The van der Waals surface area contributed by atoms with E-state index in [-0.39, 0.29) is 35.1 Å². The Labute approximate surface area is 220 Å². The first-order chi connectivity index (χ1) is 17.7. The van der Waals surface area contributed by atoms with E-state index in [9.17, 15) is 9.90 Å². The number of aromatic nitrogens is 1. The van der Waals surface area contributed by atoms with Crippen molar-refractivity contribution in [1.82, 2.24) is 5.16 Å². The van der Waals surface area contributed by atoms with Crippen molar-refractivity contribution in [2.45, 2.75) is 97.6 Å². The molecule has 7 nitrogen and oxygen atoms in total. The number of rotatable bonds is 5. The summed E-state index contributed by atoms with van der Waals surface area (Å²) in [4.78, 5) is 12.1. The van der Waals surface area contributed by atoms with E-state index in [1.807, 2.05) is 0 Å². The van der Waals surface area contributed by atoms with Crippen molar-refractivity contribution in [2.75, 3.05) is 13.2 Å². The molecular formula is C30H43NO6. The van der Waals surface area contributed by atoms with Crippen LogP contribution in [0.4, 0.5) is 0 Å². The molecule has 0 aromatic carbocycles. The quantitative estimate of drug-likeness (QED) is 0.526. The molecular weight excluding hydrogens is 470 g/mol. The summed E-state index contributed by atoms with van der Waals surface area (Å²) in [6.07, 6.45) is 9.40. The average Bonchev–Trinajstić information content (AvgIpc) is 3.30. The van der Waals surface area contributed by atoms with E-state index in [1.54, 1.807) is 6.07 Å². The Bertz CT molecular complexity index is 1080. The van der Waals surface area contributed by atoms with Crippen LogP contribution < -0.4 is 0 Å². The maximum atomic E-state index is 12.1. The van der Waals surface area contributed by atoms with Gasteiger partial charge in [0, 0.05) is 30.7 Å². The number of aliphatic hydroxyl groups excluding tert-OH is 1. The molecule has 7 rings (SSSR count). The Balaban J connectivity index is 1.20. The summed E-state index contributed by atoms with van der Waals surface area (Å²) >= 11 is 0. The summed E-state index contributed by atoms with van der Waals surface area (Å²) in [6, 6.07) is 1.74. The number of hydrogen-bond acceptors (Lipinski definition) is 7. The molecule has 0 bridgehead atoms. The molecule has 5 aliphatic carbocycles. The van der Waals surface area contributed by atoms with Crippen LogP contribution in [0.25, 0.3) is 0 Å². The van der Waals surface area contributed by atoms with Gasteiger partial charge in [-0.05, 0) is 85.4 Å². The van der Waals surface area contributed by atoms with Gasteiger partial charge < -0.3 is 23.8 Å². The van der Waals surface area contributed by atoms with E-state index < -0.39 is 6.10 Å². The van der Waals surface area contributed by atoms with E-state index >= 15 is 0 Å². The van der Waals surface area contributed by atoms with Crippen LogP contribution in [0.15, 0.2) is 10.6 Å². The molecule has 1 aromatic rings. The highest BCUT2D eigenvalue weighted by Gasteiger charge is 2.83. The maximum Gasteiger partial charge on any atom is 0.303 e. The van der Waals surface area contributed by atoms with Crippen LogP contribution in [0.3, 0.4) is 0 Å². The SMILES string of the molecule is CC(=O)O[C@H](c1cc(CO)on1)[C@@H](C)[C@H]1CC[C@H]2[C@@H]3CC4(OCCO4)[C@]45C[C@H]4CC[C@]5(C)[C@H]3CC[C@]12C. The predicted molar refractivity (Wildman–Crippen MR) is 134 cm³/mol. The Hall–Kier alpha value is -1.44. The molecule has 1 aromatic heterocycles. The third kappa shape index (κ3) is 3.05. The number of ether oxygens (including phenoxy) is 3. The smallest absolute Gasteiger partial charge is 0.303 e. The minimum atomic E-state index is -0.470. The molecule has 204 valence electrons. The molecule has 6 fully saturated rings. The topological polar surface area (TPSA) is 91.0 Å². The Morgan fingerprint density at radius 2 is 1.92 bits per heavy atom. The molecule has 10 atom stereocenters. The van der Waals surface area contributed by atoms with E-state index in [0.717, 1.165) is 37.9 Å². The number of hydrogen-bond donors (Lipinski definition) is 1. The van der Waals surface area contributed by atoms with Gasteiger partial charge in [-0.1, -0.05) is 25.9 Å². The van der Waals surface area contributed by atoms with Gasteiger partial charge in [-0.15, -0.1) is 0 Å². The first kappa shape index (κ1) is 24.6. The van der Waals surface area contributed by atoms with Crippen LogP contribution >= 0.6 is 0 Å². The van der Waals surface area contributed by atoms with Crippen molar-refractivity contribution in [3.8, 4) is 0 Å². The Morgan fingerprint density at radius 1 is 1.14 bits per heavy atom. The third-order valence-electron chi connectivity index (χ3n) is 12.8. The standard InChI is InChI=1S/C30H43NO6/c1-17(26(36-18(2)33)25-13-20(16-32)37-31-25)22-5-6-23-21-15-30(34-11-12-35-30)29-14-19(29)7-10-28(29,4)24(21)8-9-27(22,23)3/h13,17,19,21-24,26,32H,5-12,14-16H2,1-4H3/t17-,19+,21-,22+,23-,24-,26-,27+,28+,29+/m0/s1. The molecule has 7 heteroatoms. The van der Waals surface area contributed by atoms with Crippen molar-refractivity contribution in [3.05, 3.63) is 17.5 Å². The monoisotopic (exact) mass is 513 g/mol. The lowest BCUT2D eigenvalue weighted by molar-refractivity contribution is -0.294. The minimum Gasteiger partial charge on any atom is -0.456 e. The third-order valence-corrected chi connectivity index (χ3v) is 12.8. The van der Waals surface area contributed by atoms with Crippen molar-refractivity contribution < 1.29 is 28.6 Å². The zero-order valence-electron chi connectivity index (χ0n) is 22.8. The lowest BCUT2D eigenvalue weighted by Crippen LogP contribution is -2.62. The zero-order chi connectivity index (χ0) is 25.8. The van der Waals surface area contributed by atoms with Crippen LogP contribution in [-0.2, 0) is 25.6 Å². The Kier molecular flexibility index (Phi) is 5.35. The molecule has 1 saturated heterocycles. The lowest BCUT2D eigenvalue weighted by Gasteiger charge is -2.63. The molecule has 0 amide bonds. The summed E-state index contributed by atoms with van der Waals surface area (Å²) in [7, 11) is 0. The number of fused-ring (bicyclic) bond motifs is 4. The van der Waals surface area contributed by atoms with Gasteiger partial charge in [0.15, 0.2) is 11.5 Å². The second kappa shape index (κ2) is 8.04. The van der Waals surface area contributed by atoms with Gasteiger partial charge in [-0.3, -0.25) is 4.79 Å². The molecule has 6 aliphatic rings. The molecule has 0 radical (unpaired) electrons. The van der Waals surface area contributed by atoms with Crippen molar-refractivity contribution in [1.29, 1.82) is 0 Å². The second-order valence-electron chi connectivity index (χ2n) is 13.9. The van der Waals surface area contributed by atoms with Crippen molar-refractivity contribution in [3.63, 3.8) is 0 Å². The fraction of sp³-hybridized carbons (Fsp3) is 0.867. The van der Waals surface area contributed by atoms with E-state index in [2.05, 4.69) is 25.9 Å². The zero-order valence-corrected chi connectivity index (χ0v) is 22.8. The first-order valence-electron chi connectivity index (χ1n) is 14.7. The lowest BCUT2D eigenvalue weighted by atomic mass is 9.44. The van der Waals surface area contributed by atoms with Crippen LogP contribution in [0, 0.1) is 51.8 Å². The van der Waals surface area contributed by atoms with E-state index in [4.69, 9.17) is 18.7 Å². The van der Waals surface area contributed by atoms with Crippen LogP contribution in [0.5, 0.6) is 0 Å². The van der Waals surface area contributed by atoms with Gasteiger partial charge in [-0.25, -0.2) is 0 Å². The average molecular weight is 514 g/mol. The van der Waals surface area contributed by atoms with E-state index in [0.29, 0.717) is 34.6 Å². The molecule has 1 N–H and O–H groups in total. The summed E-state index contributed by atoms with van der Waals surface area (Å²) in [5.41, 5.74) is 1.34. The summed E-state index contributed by atoms with van der Waals surface area (Å²) in [5, 5.41) is 13.7. The largest absolute Gasteiger partial charge is 0.456 e. The highest BCUT2D eigenvalue weighted by molar-refractivity contribution is 5.66. The number of carbonyl (C=O) groups is 1. The van der Waals surface area contributed by atoms with Gasteiger partial charge in [0.2, 0.25) is 0 Å². The highest BCUT2D eigenvalue weighted by Crippen LogP contribution is 2.85. The minimum absolute atomic E-state index is 0.102. The molecule has 1 aliphatic heterocycles. The normalized spacial score (nSPS) is 46.6. The fourth-order valence-corrected chi connectivity index (χ4v) is 11.4. The molecule has 2 spiro atoms. The fourth-order valence-electron chi connectivity index (χ4n) is 11.4. The molecule has 2 heterocycles. The first-order valence-corrected chi connectivity index (χ1v) is 14.7. The predicted octanol–water partition coefficient (Wildman–Crippen LogP) is 5.42. The van der Waals surface area contributed by atoms with Gasteiger partial charge in [0.05, 0.1) is 13.2 Å². The van der Waals surface area contributed by atoms with Gasteiger partial charge in [0.25, 0.3) is 0 Å². The van der Waals surface area contributed by atoms with Gasteiger partial charge in [0.1, 0.15) is 18.4 Å².